The lowest BCUT2D eigenvalue weighted by Crippen LogP contribution is -2.52. The summed E-state index contributed by atoms with van der Waals surface area (Å²) in [6, 6.07) is 14.7. The summed E-state index contributed by atoms with van der Waals surface area (Å²) in [6.07, 6.45) is 8.43. The quantitative estimate of drug-likeness (QED) is 0.585. The third-order valence-electron chi connectivity index (χ3n) is 7.31. The van der Waals surface area contributed by atoms with Crippen LogP contribution in [0.2, 0.25) is 0 Å². The number of ether oxygens (including phenoxy) is 1. The van der Waals surface area contributed by atoms with Crippen molar-refractivity contribution in [3.05, 3.63) is 54.2 Å². The van der Waals surface area contributed by atoms with Crippen molar-refractivity contribution >= 4 is 11.8 Å². The van der Waals surface area contributed by atoms with Gasteiger partial charge >= 0.3 is 6.03 Å². The maximum Gasteiger partial charge on any atom is 0.325 e. The van der Waals surface area contributed by atoms with Gasteiger partial charge in [0.25, 0.3) is 0 Å². The van der Waals surface area contributed by atoms with Gasteiger partial charge in [-0.3, -0.25) is 4.90 Å². The number of amides is 2. The fourth-order valence-electron chi connectivity index (χ4n) is 5.37. The van der Waals surface area contributed by atoms with E-state index < -0.39 is 0 Å². The lowest BCUT2D eigenvalue weighted by molar-refractivity contribution is 0.152. The molecule has 33 heavy (non-hydrogen) atoms. The van der Waals surface area contributed by atoms with Crippen molar-refractivity contribution in [2.45, 2.75) is 57.4 Å². The Bertz CT molecular complexity index is 883. The number of carbonyl (C=O) groups is 1. The molecule has 2 fully saturated rings. The molecule has 0 saturated carbocycles. The van der Waals surface area contributed by atoms with Crippen LogP contribution in [0.25, 0.3) is 0 Å². The number of nitrogens with zero attached hydrogens (tertiary/aromatic N) is 4. The zero-order chi connectivity index (χ0) is 23.0. The monoisotopic (exact) mass is 450 g/mol. The van der Waals surface area contributed by atoms with Crippen LogP contribution >= 0.6 is 0 Å². The molecule has 0 aliphatic carbocycles. The number of aromatic nitrogens is 1. The minimum Gasteiger partial charge on any atom is -0.496 e. The summed E-state index contributed by atoms with van der Waals surface area (Å²) in [5.74, 6) is 2.28. The van der Waals surface area contributed by atoms with Crippen LogP contribution in [-0.2, 0) is 0 Å². The summed E-state index contributed by atoms with van der Waals surface area (Å²) in [5, 5.41) is 0. The molecule has 0 N–H and O–H groups in total. The number of methoxy groups -OCH3 is 1. The number of pyridine rings is 1. The number of benzene rings is 1. The lowest BCUT2D eigenvalue weighted by Gasteiger charge is -2.39. The summed E-state index contributed by atoms with van der Waals surface area (Å²) in [4.78, 5) is 24.6. The Morgan fingerprint density at radius 2 is 1.85 bits per heavy atom. The highest BCUT2D eigenvalue weighted by atomic mass is 16.5. The fourth-order valence-corrected chi connectivity index (χ4v) is 5.37. The molecule has 1 aromatic carbocycles. The van der Waals surface area contributed by atoms with Crippen LogP contribution in [0.15, 0.2) is 48.7 Å². The predicted octanol–water partition coefficient (Wildman–Crippen LogP) is 5.16. The number of hydrogen-bond acceptors (Lipinski definition) is 4. The number of hydrogen-bond donors (Lipinski definition) is 0. The van der Waals surface area contributed by atoms with Crippen molar-refractivity contribution in [1.29, 1.82) is 0 Å². The van der Waals surface area contributed by atoms with E-state index in [2.05, 4.69) is 39.9 Å². The van der Waals surface area contributed by atoms with E-state index in [0.29, 0.717) is 18.5 Å². The molecule has 4 rings (SSSR count). The van der Waals surface area contributed by atoms with Gasteiger partial charge in [0.15, 0.2) is 0 Å². The summed E-state index contributed by atoms with van der Waals surface area (Å²) < 4.78 is 5.59. The second kappa shape index (κ2) is 11.5. The largest absolute Gasteiger partial charge is 0.496 e. The fraction of sp³-hybridized carbons (Fsp3) is 0.556. The molecule has 6 nitrogen and oxygen atoms in total. The van der Waals surface area contributed by atoms with Crippen molar-refractivity contribution in [2.75, 3.05) is 44.7 Å². The van der Waals surface area contributed by atoms with Gasteiger partial charge in [0.2, 0.25) is 0 Å². The van der Waals surface area contributed by atoms with Crippen LogP contribution in [0.3, 0.4) is 0 Å². The maximum absolute atomic E-state index is 13.6. The SMILES string of the molecule is CCC1CCCCN1C(=O)N(CCN1CCC(c2ccccc2OC)CC1)c1ccccn1. The molecular formula is C27H38N4O2. The molecule has 2 aliphatic heterocycles. The van der Waals surface area contributed by atoms with E-state index in [1.165, 1.54) is 12.0 Å². The maximum atomic E-state index is 13.6. The molecule has 2 aliphatic rings. The number of piperidine rings is 2. The molecule has 2 saturated heterocycles. The first-order valence-corrected chi connectivity index (χ1v) is 12.6. The summed E-state index contributed by atoms with van der Waals surface area (Å²) in [5.41, 5.74) is 1.32. The number of anilines is 1. The topological polar surface area (TPSA) is 48.9 Å². The number of likely N-dealkylation sites (tertiary alicyclic amines) is 2. The molecular weight excluding hydrogens is 412 g/mol. The smallest absolute Gasteiger partial charge is 0.325 e. The van der Waals surface area contributed by atoms with Gasteiger partial charge in [0.1, 0.15) is 11.6 Å². The molecule has 3 heterocycles. The van der Waals surface area contributed by atoms with Crippen LogP contribution in [0.1, 0.15) is 56.9 Å². The predicted molar refractivity (Wildman–Crippen MR) is 133 cm³/mol. The Morgan fingerprint density at radius 3 is 2.58 bits per heavy atom. The van der Waals surface area contributed by atoms with E-state index in [9.17, 15) is 4.79 Å². The van der Waals surface area contributed by atoms with E-state index in [0.717, 1.165) is 69.9 Å². The molecule has 6 heteroatoms. The van der Waals surface area contributed by atoms with E-state index in [1.807, 2.05) is 29.2 Å². The average molecular weight is 451 g/mol. The molecule has 2 amide bonds. The van der Waals surface area contributed by atoms with Crippen molar-refractivity contribution in [2.24, 2.45) is 0 Å². The molecule has 178 valence electrons. The first-order chi connectivity index (χ1) is 16.2. The standard InChI is InChI=1S/C27H38N4O2/c1-3-23-10-7-9-17-30(23)27(32)31(26-13-6-8-16-28-26)21-20-29-18-14-22(15-19-29)24-11-4-5-12-25(24)33-2/h4-6,8,11-13,16,22-23H,3,7,9-10,14-15,17-21H2,1-2H3. The highest BCUT2D eigenvalue weighted by Gasteiger charge is 2.31. The summed E-state index contributed by atoms with van der Waals surface area (Å²) in [7, 11) is 1.75. The van der Waals surface area contributed by atoms with Gasteiger partial charge in [0.05, 0.1) is 7.11 Å². The van der Waals surface area contributed by atoms with E-state index in [-0.39, 0.29) is 6.03 Å². The molecule has 1 aromatic heterocycles. The molecule has 1 atom stereocenters. The van der Waals surface area contributed by atoms with Gasteiger partial charge in [0, 0.05) is 31.9 Å². The Morgan fingerprint density at radius 1 is 1.06 bits per heavy atom. The van der Waals surface area contributed by atoms with Crippen LogP contribution in [0, 0.1) is 0 Å². The molecule has 0 bridgehead atoms. The third-order valence-corrected chi connectivity index (χ3v) is 7.31. The summed E-state index contributed by atoms with van der Waals surface area (Å²) >= 11 is 0. The third kappa shape index (κ3) is 5.67. The van der Waals surface area contributed by atoms with Crippen molar-refractivity contribution in [1.82, 2.24) is 14.8 Å². The molecule has 1 unspecified atom stereocenters. The average Bonchev–Trinajstić information content (AvgIpc) is 2.89. The van der Waals surface area contributed by atoms with Gasteiger partial charge in [-0.05, 0) is 81.3 Å². The van der Waals surface area contributed by atoms with Gasteiger partial charge in [-0.1, -0.05) is 31.2 Å². The Kier molecular flexibility index (Phi) is 8.21. The first-order valence-electron chi connectivity index (χ1n) is 12.6. The van der Waals surface area contributed by atoms with Gasteiger partial charge in [-0.15, -0.1) is 0 Å². The Labute approximate surface area is 198 Å². The second-order valence-electron chi connectivity index (χ2n) is 9.23. The van der Waals surface area contributed by atoms with Crippen LogP contribution in [0.5, 0.6) is 5.75 Å². The van der Waals surface area contributed by atoms with Gasteiger partial charge in [-0.2, -0.15) is 0 Å². The van der Waals surface area contributed by atoms with E-state index in [1.54, 1.807) is 13.3 Å². The molecule has 0 spiro atoms. The zero-order valence-electron chi connectivity index (χ0n) is 20.2. The van der Waals surface area contributed by atoms with Crippen LogP contribution < -0.4 is 9.64 Å². The number of rotatable bonds is 7. The molecule has 2 aromatic rings. The summed E-state index contributed by atoms with van der Waals surface area (Å²) in [6.45, 7) is 6.65. The van der Waals surface area contributed by atoms with Crippen LogP contribution in [-0.4, -0.2) is 66.7 Å². The first kappa shape index (κ1) is 23.6. The zero-order valence-corrected chi connectivity index (χ0v) is 20.2. The van der Waals surface area contributed by atoms with Crippen molar-refractivity contribution in [3.63, 3.8) is 0 Å². The highest BCUT2D eigenvalue weighted by Crippen LogP contribution is 2.34. The minimum absolute atomic E-state index is 0.115. The number of para-hydroxylation sites is 1. The number of carbonyl (C=O) groups excluding carboxylic acids is 1. The minimum atomic E-state index is 0.115. The van der Waals surface area contributed by atoms with Crippen molar-refractivity contribution in [3.8, 4) is 5.75 Å². The van der Waals surface area contributed by atoms with Gasteiger partial charge in [-0.25, -0.2) is 9.78 Å². The Balaban J connectivity index is 1.39. The lowest BCUT2D eigenvalue weighted by atomic mass is 9.89. The van der Waals surface area contributed by atoms with E-state index in [4.69, 9.17) is 4.74 Å². The normalized spacial score (nSPS) is 19.9. The second-order valence-corrected chi connectivity index (χ2v) is 9.23. The van der Waals surface area contributed by atoms with Crippen molar-refractivity contribution < 1.29 is 9.53 Å². The Hall–Kier alpha value is -2.60. The number of urea groups is 1. The van der Waals surface area contributed by atoms with Crippen LogP contribution in [0.4, 0.5) is 10.6 Å². The molecule has 0 radical (unpaired) electrons. The van der Waals surface area contributed by atoms with E-state index >= 15 is 0 Å². The van der Waals surface area contributed by atoms with Gasteiger partial charge < -0.3 is 14.5 Å². The highest BCUT2D eigenvalue weighted by molar-refractivity contribution is 5.91.